The fraction of sp³-hybridized carbons (Fsp3) is 0.0714. The maximum Gasteiger partial charge on any atom is 0.228 e. The first-order valence-corrected chi connectivity index (χ1v) is 7.09. The van der Waals surface area contributed by atoms with E-state index in [2.05, 4.69) is 21.2 Å². The molecule has 0 spiro atoms. The monoisotopic (exact) mass is 357 g/mol. The number of benzene rings is 2. The average molecular weight is 359 g/mol. The van der Waals surface area contributed by atoms with Crippen molar-refractivity contribution in [2.45, 2.75) is 6.42 Å². The molecule has 98 valence electrons. The van der Waals surface area contributed by atoms with E-state index in [0.29, 0.717) is 10.0 Å². The summed E-state index contributed by atoms with van der Waals surface area (Å²) in [6.07, 6.45) is 0.206. The predicted octanol–water partition coefficient (Wildman–Crippen LogP) is 4.94. The molecule has 0 heterocycles. The maximum atomic E-state index is 11.9. The van der Waals surface area contributed by atoms with Gasteiger partial charge in [-0.3, -0.25) is 4.79 Å². The van der Waals surface area contributed by atoms with Crippen LogP contribution in [0.4, 0.5) is 5.69 Å². The van der Waals surface area contributed by atoms with Crippen molar-refractivity contribution >= 4 is 50.7 Å². The van der Waals surface area contributed by atoms with Crippen LogP contribution in [0.3, 0.4) is 0 Å². The molecule has 2 nitrogen and oxygen atoms in total. The first-order valence-electron chi connectivity index (χ1n) is 5.54. The zero-order valence-electron chi connectivity index (χ0n) is 9.79. The Bertz CT molecular complexity index is 616. The molecule has 0 saturated heterocycles. The Balaban J connectivity index is 2.08. The van der Waals surface area contributed by atoms with E-state index in [1.54, 1.807) is 18.2 Å². The van der Waals surface area contributed by atoms with Crippen LogP contribution in [0.15, 0.2) is 46.9 Å². The smallest absolute Gasteiger partial charge is 0.228 e. The molecule has 2 rings (SSSR count). The van der Waals surface area contributed by atoms with Gasteiger partial charge < -0.3 is 5.32 Å². The molecular formula is C14H10BrCl2NO. The third kappa shape index (κ3) is 3.96. The summed E-state index contributed by atoms with van der Waals surface area (Å²) >= 11 is 15.2. The van der Waals surface area contributed by atoms with Crippen LogP contribution in [0, 0.1) is 0 Å². The summed E-state index contributed by atoms with van der Waals surface area (Å²) < 4.78 is 0.838. The predicted molar refractivity (Wildman–Crippen MR) is 82.9 cm³/mol. The zero-order valence-corrected chi connectivity index (χ0v) is 12.9. The minimum absolute atomic E-state index is 0.129. The minimum Gasteiger partial charge on any atom is -0.325 e. The summed E-state index contributed by atoms with van der Waals surface area (Å²) in [5.74, 6) is -0.129. The van der Waals surface area contributed by atoms with Crippen LogP contribution in [-0.4, -0.2) is 5.91 Å². The molecular weight excluding hydrogens is 349 g/mol. The highest BCUT2D eigenvalue weighted by atomic mass is 79.9. The topological polar surface area (TPSA) is 29.1 Å². The van der Waals surface area contributed by atoms with E-state index in [4.69, 9.17) is 23.2 Å². The van der Waals surface area contributed by atoms with Crippen LogP contribution in [0.5, 0.6) is 0 Å². The van der Waals surface area contributed by atoms with Gasteiger partial charge >= 0.3 is 0 Å². The highest BCUT2D eigenvalue weighted by Crippen LogP contribution is 2.23. The summed E-state index contributed by atoms with van der Waals surface area (Å²) in [5, 5.41) is 3.87. The van der Waals surface area contributed by atoms with Crippen molar-refractivity contribution in [3.63, 3.8) is 0 Å². The standard InChI is InChI=1S/C14H10BrCl2NO/c15-11-3-1-2-4-13(11)18-14(19)7-9-5-6-10(16)8-12(9)17/h1-6,8H,7H2,(H,18,19). The molecule has 2 aromatic rings. The summed E-state index contributed by atoms with van der Waals surface area (Å²) in [6, 6.07) is 12.5. The molecule has 1 N–H and O–H groups in total. The summed E-state index contributed by atoms with van der Waals surface area (Å²) in [6.45, 7) is 0. The van der Waals surface area contributed by atoms with E-state index in [-0.39, 0.29) is 12.3 Å². The zero-order chi connectivity index (χ0) is 13.8. The van der Waals surface area contributed by atoms with Gasteiger partial charge in [-0.25, -0.2) is 0 Å². The van der Waals surface area contributed by atoms with Gasteiger partial charge in [-0.1, -0.05) is 41.4 Å². The number of anilines is 1. The largest absolute Gasteiger partial charge is 0.325 e. The molecule has 0 bridgehead atoms. The third-order valence-corrected chi connectivity index (χ3v) is 3.79. The van der Waals surface area contributed by atoms with Crippen molar-refractivity contribution in [1.29, 1.82) is 0 Å². The number of carbonyl (C=O) groups excluding carboxylic acids is 1. The molecule has 0 saturated carbocycles. The van der Waals surface area contributed by atoms with Gasteiger partial charge in [0.15, 0.2) is 0 Å². The van der Waals surface area contributed by atoms with Gasteiger partial charge in [0.25, 0.3) is 0 Å². The molecule has 0 atom stereocenters. The van der Waals surface area contributed by atoms with E-state index < -0.39 is 0 Å². The fourth-order valence-corrected chi connectivity index (χ4v) is 2.45. The molecule has 5 heteroatoms. The van der Waals surface area contributed by atoms with E-state index in [1.807, 2.05) is 24.3 Å². The van der Waals surface area contributed by atoms with Crippen LogP contribution in [0.25, 0.3) is 0 Å². The Kier molecular flexibility index (Phi) is 4.86. The lowest BCUT2D eigenvalue weighted by Crippen LogP contribution is -2.14. The van der Waals surface area contributed by atoms with Crippen LogP contribution in [0.1, 0.15) is 5.56 Å². The van der Waals surface area contributed by atoms with Crippen molar-refractivity contribution < 1.29 is 4.79 Å². The maximum absolute atomic E-state index is 11.9. The number of para-hydroxylation sites is 1. The van der Waals surface area contributed by atoms with E-state index in [1.165, 1.54) is 0 Å². The van der Waals surface area contributed by atoms with Gasteiger partial charge in [0.05, 0.1) is 12.1 Å². The number of amides is 1. The Morgan fingerprint density at radius 3 is 2.58 bits per heavy atom. The Hall–Kier alpha value is -1.03. The number of nitrogens with one attached hydrogen (secondary N) is 1. The van der Waals surface area contributed by atoms with Crippen LogP contribution < -0.4 is 5.32 Å². The lowest BCUT2D eigenvalue weighted by molar-refractivity contribution is -0.115. The van der Waals surface area contributed by atoms with Crippen LogP contribution in [0.2, 0.25) is 10.0 Å². The molecule has 19 heavy (non-hydrogen) atoms. The summed E-state index contributed by atoms with van der Waals surface area (Å²) in [7, 11) is 0. The number of rotatable bonds is 3. The third-order valence-electron chi connectivity index (χ3n) is 2.51. The van der Waals surface area contributed by atoms with E-state index >= 15 is 0 Å². The molecule has 0 aliphatic carbocycles. The number of hydrogen-bond acceptors (Lipinski definition) is 1. The highest BCUT2D eigenvalue weighted by molar-refractivity contribution is 9.10. The number of halogens is 3. The fourth-order valence-electron chi connectivity index (χ4n) is 1.60. The summed E-state index contributed by atoms with van der Waals surface area (Å²) in [4.78, 5) is 11.9. The lowest BCUT2D eigenvalue weighted by atomic mass is 10.1. The molecule has 0 aliphatic heterocycles. The van der Waals surface area contributed by atoms with Gasteiger partial charge in [0, 0.05) is 14.5 Å². The molecule has 0 aromatic heterocycles. The quantitative estimate of drug-likeness (QED) is 0.827. The van der Waals surface area contributed by atoms with Crippen molar-refractivity contribution in [2.24, 2.45) is 0 Å². The van der Waals surface area contributed by atoms with Gasteiger partial charge in [-0.15, -0.1) is 0 Å². The molecule has 2 aromatic carbocycles. The first kappa shape index (κ1) is 14.4. The van der Waals surface area contributed by atoms with Crippen molar-refractivity contribution in [3.8, 4) is 0 Å². The van der Waals surface area contributed by atoms with E-state index in [0.717, 1.165) is 15.7 Å². The van der Waals surface area contributed by atoms with Crippen molar-refractivity contribution in [3.05, 3.63) is 62.5 Å². The first-order chi connectivity index (χ1) is 9.06. The van der Waals surface area contributed by atoms with E-state index in [9.17, 15) is 4.79 Å². The molecule has 1 amide bonds. The molecule has 0 radical (unpaired) electrons. The number of hydrogen-bond donors (Lipinski definition) is 1. The average Bonchev–Trinajstić information content (AvgIpc) is 2.36. The van der Waals surface area contributed by atoms with Gasteiger partial charge in [-0.05, 0) is 45.8 Å². The Labute approximate surface area is 129 Å². The second kappa shape index (κ2) is 6.42. The lowest BCUT2D eigenvalue weighted by Gasteiger charge is -2.08. The molecule has 0 fully saturated rings. The minimum atomic E-state index is -0.129. The van der Waals surface area contributed by atoms with Gasteiger partial charge in [-0.2, -0.15) is 0 Å². The summed E-state index contributed by atoms with van der Waals surface area (Å²) in [5.41, 5.74) is 1.48. The SMILES string of the molecule is O=C(Cc1ccc(Cl)cc1Cl)Nc1ccccc1Br. The Morgan fingerprint density at radius 1 is 1.16 bits per heavy atom. The highest BCUT2D eigenvalue weighted by Gasteiger charge is 2.09. The molecule has 0 aliphatic rings. The van der Waals surface area contributed by atoms with Crippen LogP contribution in [-0.2, 0) is 11.2 Å². The number of carbonyl (C=O) groups is 1. The van der Waals surface area contributed by atoms with Gasteiger partial charge in [0.1, 0.15) is 0 Å². The van der Waals surface area contributed by atoms with Crippen LogP contribution >= 0.6 is 39.1 Å². The second-order valence-corrected chi connectivity index (χ2v) is 5.64. The normalized spacial score (nSPS) is 10.3. The molecule has 0 unspecified atom stereocenters. The van der Waals surface area contributed by atoms with Crippen molar-refractivity contribution in [2.75, 3.05) is 5.32 Å². The van der Waals surface area contributed by atoms with Gasteiger partial charge in [0.2, 0.25) is 5.91 Å². The Morgan fingerprint density at radius 2 is 1.89 bits per heavy atom. The second-order valence-electron chi connectivity index (χ2n) is 3.94. The van der Waals surface area contributed by atoms with Crippen molar-refractivity contribution in [1.82, 2.24) is 0 Å².